The van der Waals surface area contributed by atoms with Crippen molar-refractivity contribution in [2.24, 2.45) is 0 Å². The van der Waals surface area contributed by atoms with Crippen LogP contribution in [0.1, 0.15) is 18.1 Å². The van der Waals surface area contributed by atoms with Crippen LogP contribution < -0.4 is 0 Å². The van der Waals surface area contributed by atoms with Crippen LogP contribution in [0.3, 0.4) is 0 Å². The van der Waals surface area contributed by atoms with E-state index in [-0.39, 0.29) is 11.3 Å². The summed E-state index contributed by atoms with van der Waals surface area (Å²) in [4.78, 5) is 22.7. The van der Waals surface area contributed by atoms with Gasteiger partial charge in [0, 0.05) is 5.56 Å². The Hall–Kier alpha value is -2.10. The number of carbonyl (C=O) groups excluding carboxylic acids is 2. The summed E-state index contributed by atoms with van der Waals surface area (Å²) < 4.78 is 4.46. The van der Waals surface area contributed by atoms with Crippen molar-refractivity contribution in [1.29, 1.82) is 0 Å². The van der Waals surface area contributed by atoms with Gasteiger partial charge in [0.25, 0.3) is 0 Å². The molecule has 0 atom stereocenters. The van der Waals surface area contributed by atoms with Crippen molar-refractivity contribution in [2.45, 2.75) is 13.8 Å². The maximum absolute atomic E-state index is 11.4. The fourth-order valence-electron chi connectivity index (χ4n) is 1.36. The molecule has 0 unspecified atom stereocenters. The van der Waals surface area contributed by atoms with E-state index in [1.807, 2.05) is 6.92 Å². The lowest BCUT2D eigenvalue weighted by Gasteiger charge is -2.06. The number of benzene rings is 1. The fourth-order valence-corrected chi connectivity index (χ4v) is 1.36. The first-order valence-corrected chi connectivity index (χ1v) is 5.07. The second kappa shape index (κ2) is 5.30. The number of methoxy groups -OCH3 is 1. The number of carbonyl (C=O) groups is 2. The molecule has 1 rings (SSSR count). The molecule has 4 heteroatoms. The van der Waals surface area contributed by atoms with Crippen molar-refractivity contribution < 1.29 is 19.4 Å². The van der Waals surface area contributed by atoms with Gasteiger partial charge in [0.1, 0.15) is 11.3 Å². The number of aryl methyl sites for hydroxylation is 1. The Morgan fingerprint density at radius 2 is 1.71 bits per heavy atom. The topological polar surface area (TPSA) is 63.6 Å². The monoisotopic (exact) mass is 234 g/mol. The zero-order valence-electron chi connectivity index (χ0n) is 9.98. The maximum atomic E-state index is 11.4. The number of hydrogen-bond acceptors (Lipinski definition) is 4. The molecule has 0 spiro atoms. The average Bonchev–Trinajstić information content (AvgIpc) is 2.29. The van der Waals surface area contributed by atoms with Crippen LogP contribution in [0.2, 0.25) is 0 Å². The molecule has 0 amide bonds. The number of rotatable bonds is 3. The number of esters is 1. The van der Waals surface area contributed by atoms with Crippen LogP contribution in [-0.2, 0) is 14.3 Å². The minimum absolute atomic E-state index is 0.337. The molecule has 0 aliphatic heterocycles. The van der Waals surface area contributed by atoms with Crippen LogP contribution in [0.25, 0.3) is 5.76 Å². The molecule has 0 aromatic heterocycles. The van der Waals surface area contributed by atoms with E-state index in [4.69, 9.17) is 0 Å². The largest absolute Gasteiger partial charge is 0.506 e. The van der Waals surface area contributed by atoms with Crippen LogP contribution in [0.5, 0.6) is 0 Å². The lowest BCUT2D eigenvalue weighted by atomic mass is 10.0. The minimum atomic E-state index is -0.837. The minimum Gasteiger partial charge on any atom is -0.506 e. The number of aliphatic hydroxyl groups excluding tert-OH is 1. The highest BCUT2D eigenvalue weighted by Gasteiger charge is 2.21. The number of ether oxygens (including phenoxy) is 1. The Kier molecular flexibility index (Phi) is 4.04. The molecule has 1 N–H and O–H groups in total. The SMILES string of the molecule is COC(=O)/C(C(C)=O)=C(\O)c1ccc(C)cc1. The normalized spacial score (nSPS) is 11.7. The zero-order chi connectivity index (χ0) is 13.0. The molecular weight excluding hydrogens is 220 g/mol. The molecule has 17 heavy (non-hydrogen) atoms. The molecule has 0 bridgehead atoms. The van der Waals surface area contributed by atoms with E-state index in [1.165, 1.54) is 6.92 Å². The third-order valence-electron chi connectivity index (χ3n) is 2.30. The molecule has 1 aromatic carbocycles. The van der Waals surface area contributed by atoms with E-state index in [0.717, 1.165) is 12.7 Å². The van der Waals surface area contributed by atoms with E-state index in [9.17, 15) is 14.7 Å². The standard InChI is InChI=1S/C13H14O4/c1-8-4-6-10(7-5-8)12(15)11(9(2)14)13(16)17-3/h4-7,15H,1-3H3/b12-11-. The van der Waals surface area contributed by atoms with Crippen molar-refractivity contribution in [2.75, 3.05) is 7.11 Å². The third kappa shape index (κ3) is 2.93. The van der Waals surface area contributed by atoms with Gasteiger partial charge >= 0.3 is 5.97 Å². The molecule has 0 saturated carbocycles. The molecule has 0 heterocycles. The molecule has 0 fully saturated rings. The molecule has 0 aliphatic rings. The fraction of sp³-hybridized carbons (Fsp3) is 0.231. The summed E-state index contributed by atoms with van der Waals surface area (Å²) in [6.45, 7) is 3.10. The lowest BCUT2D eigenvalue weighted by molar-refractivity contribution is -0.137. The van der Waals surface area contributed by atoms with Crippen LogP contribution >= 0.6 is 0 Å². The van der Waals surface area contributed by atoms with Crippen LogP contribution in [0, 0.1) is 6.92 Å². The van der Waals surface area contributed by atoms with Gasteiger partial charge in [-0.3, -0.25) is 4.79 Å². The highest BCUT2D eigenvalue weighted by molar-refractivity contribution is 6.21. The second-order valence-electron chi connectivity index (χ2n) is 3.64. The maximum Gasteiger partial charge on any atom is 0.345 e. The van der Waals surface area contributed by atoms with E-state index >= 15 is 0 Å². The van der Waals surface area contributed by atoms with Gasteiger partial charge in [0.2, 0.25) is 0 Å². The molecular formula is C13H14O4. The smallest absolute Gasteiger partial charge is 0.345 e. The first-order valence-electron chi connectivity index (χ1n) is 5.07. The summed E-state index contributed by atoms with van der Waals surface area (Å²) in [5.74, 6) is -1.73. The first kappa shape index (κ1) is 13.0. The Labute approximate surface area is 99.5 Å². The van der Waals surface area contributed by atoms with Crippen molar-refractivity contribution >= 4 is 17.5 Å². The van der Waals surface area contributed by atoms with Crippen molar-refractivity contribution in [3.63, 3.8) is 0 Å². The Morgan fingerprint density at radius 3 is 2.12 bits per heavy atom. The van der Waals surface area contributed by atoms with Gasteiger partial charge in [-0.05, 0) is 13.8 Å². The number of hydrogen-bond donors (Lipinski definition) is 1. The number of Topliss-reactive ketones (excluding diaryl/α,β-unsaturated/α-hetero) is 1. The number of ketones is 1. The van der Waals surface area contributed by atoms with Gasteiger partial charge in [0.05, 0.1) is 7.11 Å². The molecule has 90 valence electrons. The summed E-state index contributed by atoms with van der Waals surface area (Å²) in [7, 11) is 1.16. The van der Waals surface area contributed by atoms with Gasteiger partial charge in [-0.2, -0.15) is 0 Å². The van der Waals surface area contributed by atoms with E-state index < -0.39 is 11.8 Å². The van der Waals surface area contributed by atoms with Gasteiger partial charge < -0.3 is 9.84 Å². The van der Waals surface area contributed by atoms with Crippen molar-refractivity contribution in [1.82, 2.24) is 0 Å². The number of aliphatic hydroxyl groups is 1. The highest BCUT2D eigenvalue weighted by Crippen LogP contribution is 2.18. The molecule has 0 aliphatic carbocycles. The first-order chi connectivity index (χ1) is 7.97. The zero-order valence-corrected chi connectivity index (χ0v) is 9.98. The molecule has 0 saturated heterocycles. The molecule has 0 radical (unpaired) electrons. The Balaban J connectivity index is 3.29. The predicted molar refractivity (Wildman–Crippen MR) is 63.4 cm³/mol. The Morgan fingerprint density at radius 1 is 1.18 bits per heavy atom. The van der Waals surface area contributed by atoms with Gasteiger partial charge in [0.15, 0.2) is 5.78 Å². The van der Waals surface area contributed by atoms with E-state index in [1.54, 1.807) is 24.3 Å². The van der Waals surface area contributed by atoms with Crippen LogP contribution in [0.4, 0.5) is 0 Å². The predicted octanol–water partition coefficient (Wildman–Crippen LogP) is 2.03. The Bertz CT molecular complexity index is 469. The van der Waals surface area contributed by atoms with Crippen LogP contribution in [-0.4, -0.2) is 24.0 Å². The van der Waals surface area contributed by atoms with Gasteiger partial charge in [-0.1, -0.05) is 29.8 Å². The summed E-state index contributed by atoms with van der Waals surface area (Å²) in [5, 5.41) is 9.90. The van der Waals surface area contributed by atoms with Crippen molar-refractivity contribution in [3.05, 3.63) is 41.0 Å². The van der Waals surface area contributed by atoms with Crippen molar-refractivity contribution in [3.8, 4) is 0 Å². The lowest BCUT2D eigenvalue weighted by Crippen LogP contribution is -2.14. The average molecular weight is 234 g/mol. The summed E-state index contributed by atoms with van der Waals surface area (Å²) in [6, 6.07) is 6.83. The quantitative estimate of drug-likeness (QED) is 0.286. The highest BCUT2D eigenvalue weighted by atomic mass is 16.5. The molecule has 1 aromatic rings. The summed E-state index contributed by atoms with van der Waals surface area (Å²) in [5.41, 5.74) is 1.09. The molecule has 4 nitrogen and oxygen atoms in total. The van der Waals surface area contributed by atoms with Gasteiger partial charge in [-0.15, -0.1) is 0 Å². The second-order valence-corrected chi connectivity index (χ2v) is 3.64. The summed E-state index contributed by atoms with van der Waals surface area (Å²) >= 11 is 0. The van der Waals surface area contributed by atoms with Crippen LogP contribution in [0.15, 0.2) is 29.8 Å². The third-order valence-corrected chi connectivity index (χ3v) is 2.30. The van der Waals surface area contributed by atoms with E-state index in [0.29, 0.717) is 5.56 Å². The van der Waals surface area contributed by atoms with E-state index in [2.05, 4.69) is 4.74 Å². The summed E-state index contributed by atoms with van der Waals surface area (Å²) in [6.07, 6.45) is 0. The van der Waals surface area contributed by atoms with Gasteiger partial charge in [-0.25, -0.2) is 4.79 Å².